The van der Waals surface area contributed by atoms with Crippen LogP contribution in [-0.4, -0.2) is 21.1 Å². The third-order valence-corrected chi connectivity index (χ3v) is 2.81. The maximum absolute atomic E-state index is 11.9. The number of pyridine rings is 1. The second-order valence-electron chi connectivity index (χ2n) is 3.85. The molecule has 0 aliphatic carbocycles. The number of amides is 1. The number of carbonyl (C=O) groups excluding carboxylic acids is 1. The molecule has 0 atom stereocenters. The van der Waals surface area contributed by atoms with Crippen LogP contribution < -0.4 is 5.32 Å². The smallest absolute Gasteiger partial charge is 0.257 e. The molecule has 1 amide bonds. The number of nitrogens with one attached hydrogen (secondary N) is 2. The summed E-state index contributed by atoms with van der Waals surface area (Å²) in [6, 6.07) is 5.16. The first-order valence-electron chi connectivity index (χ1n) is 5.66. The van der Waals surface area contributed by atoms with E-state index in [-0.39, 0.29) is 5.91 Å². The third-order valence-electron chi connectivity index (χ3n) is 2.38. The topological polar surface area (TPSA) is 70.7 Å². The SMILES string of the molecule is CCCc1cc(NC(=O)c2ccnc(Br)c2)n[nH]1. The Morgan fingerprint density at radius 1 is 1.50 bits per heavy atom. The summed E-state index contributed by atoms with van der Waals surface area (Å²) in [5.74, 6) is 0.337. The number of aromatic amines is 1. The molecule has 2 N–H and O–H groups in total. The van der Waals surface area contributed by atoms with Crippen molar-refractivity contribution in [1.29, 1.82) is 0 Å². The van der Waals surface area contributed by atoms with Crippen molar-refractivity contribution in [2.24, 2.45) is 0 Å². The van der Waals surface area contributed by atoms with E-state index in [2.05, 4.69) is 43.4 Å². The standard InChI is InChI=1S/C12H13BrN4O/c1-2-3-9-7-11(17-16-9)15-12(18)8-4-5-14-10(13)6-8/h4-7H,2-3H2,1H3,(H2,15,16,17,18). The molecule has 0 bridgehead atoms. The van der Waals surface area contributed by atoms with E-state index in [0.29, 0.717) is 16.0 Å². The fourth-order valence-corrected chi connectivity index (χ4v) is 1.92. The van der Waals surface area contributed by atoms with Gasteiger partial charge in [-0.1, -0.05) is 13.3 Å². The summed E-state index contributed by atoms with van der Waals surface area (Å²) in [6.45, 7) is 2.09. The Morgan fingerprint density at radius 3 is 3.06 bits per heavy atom. The Bertz CT molecular complexity index is 553. The zero-order chi connectivity index (χ0) is 13.0. The number of nitrogens with zero attached hydrogens (tertiary/aromatic N) is 2. The molecule has 94 valence electrons. The number of halogens is 1. The van der Waals surface area contributed by atoms with Crippen molar-refractivity contribution >= 4 is 27.7 Å². The van der Waals surface area contributed by atoms with Gasteiger partial charge in [-0.25, -0.2) is 4.98 Å². The van der Waals surface area contributed by atoms with Gasteiger partial charge in [0.1, 0.15) is 4.60 Å². The van der Waals surface area contributed by atoms with Crippen molar-refractivity contribution in [2.45, 2.75) is 19.8 Å². The van der Waals surface area contributed by atoms with Crippen LogP contribution in [0.1, 0.15) is 29.4 Å². The summed E-state index contributed by atoms with van der Waals surface area (Å²) in [5, 5.41) is 9.66. The minimum absolute atomic E-state index is 0.201. The molecule has 0 spiro atoms. The zero-order valence-electron chi connectivity index (χ0n) is 9.90. The predicted octanol–water partition coefficient (Wildman–Crippen LogP) is 2.77. The van der Waals surface area contributed by atoms with Crippen molar-refractivity contribution < 1.29 is 4.79 Å². The van der Waals surface area contributed by atoms with Crippen LogP contribution in [0.25, 0.3) is 0 Å². The normalized spacial score (nSPS) is 10.3. The quantitative estimate of drug-likeness (QED) is 0.853. The second-order valence-corrected chi connectivity index (χ2v) is 4.66. The lowest BCUT2D eigenvalue weighted by Gasteiger charge is -2.01. The van der Waals surface area contributed by atoms with Crippen LogP contribution in [0.15, 0.2) is 29.0 Å². The molecule has 18 heavy (non-hydrogen) atoms. The fourth-order valence-electron chi connectivity index (χ4n) is 1.56. The van der Waals surface area contributed by atoms with Crippen LogP contribution in [0.2, 0.25) is 0 Å². The van der Waals surface area contributed by atoms with Crippen LogP contribution in [0, 0.1) is 0 Å². The molecule has 0 radical (unpaired) electrons. The zero-order valence-corrected chi connectivity index (χ0v) is 11.5. The van der Waals surface area contributed by atoms with E-state index in [1.807, 2.05) is 6.07 Å². The molecule has 0 saturated carbocycles. The first-order valence-corrected chi connectivity index (χ1v) is 6.45. The minimum Gasteiger partial charge on any atom is -0.305 e. The number of carbonyl (C=O) groups is 1. The Balaban J connectivity index is 2.06. The minimum atomic E-state index is -0.201. The van der Waals surface area contributed by atoms with E-state index >= 15 is 0 Å². The highest BCUT2D eigenvalue weighted by molar-refractivity contribution is 9.10. The van der Waals surface area contributed by atoms with Gasteiger partial charge in [-0.15, -0.1) is 0 Å². The van der Waals surface area contributed by atoms with Gasteiger partial charge in [0.2, 0.25) is 0 Å². The van der Waals surface area contributed by atoms with Gasteiger partial charge in [-0.3, -0.25) is 9.89 Å². The second kappa shape index (κ2) is 5.77. The van der Waals surface area contributed by atoms with Crippen LogP contribution in [0.5, 0.6) is 0 Å². The van der Waals surface area contributed by atoms with Gasteiger partial charge in [0, 0.05) is 23.5 Å². The van der Waals surface area contributed by atoms with Crippen molar-refractivity contribution in [3.8, 4) is 0 Å². The molecule has 2 aromatic heterocycles. The Kier molecular flexibility index (Phi) is 4.09. The van der Waals surface area contributed by atoms with E-state index in [1.165, 1.54) is 0 Å². The Labute approximate surface area is 113 Å². The van der Waals surface area contributed by atoms with E-state index in [1.54, 1.807) is 18.3 Å². The molecular weight excluding hydrogens is 296 g/mol. The van der Waals surface area contributed by atoms with E-state index in [0.717, 1.165) is 18.5 Å². The van der Waals surface area contributed by atoms with Gasteiger partial charge in [0.15, 0.2) is 5.82 Å². The number of anilines is 1. The summed E-state index contributed by atoms with van der Waals surface area (Å²) < 4.78 is 0.629. The van der Waals surface area contributed by atoms with Crippen LogP contribution >= 0.6 is 15.9 Å². The number of rotatable bonds is 4. The first kappa shape index (κ1) is 12.8. The van der Waals surface area contributed by atoms with Crippen LogP contribution in [0.3, 0.4) is 0 Å². The fraction of sp³-hybridized carbons (Fsp3) is 0.250. The van der Waals surface area contributed by atoms with Crippen molar-refractivity contribution in [2.75, 3.05) is 5.32 Å². The van der Waals surface area contributed by atoms with Gasteiger partial charge in [-0.2, -0.15) is 5.10 Å². The molecular formula is C12H13BrN4O. The number of hydrogen-bond acceptors (Lipinski definition) is 3. The van der Waals surface area contributed by atoms with Crippen molar-refractivity contribution in [3.63, 3.8) is 0 Å². The van der Waals surface area contributed by atoms with Gasteiger partial charge >= 0.3 is 0 Å². The lowest BCUT2D eigenvalue weighted by Crippen LogP contribution is -2.12. The molecule has 2 aromatic rings. The van der Waals surface area contributed by atoms with E-state index in [9.17, 15) is 4.79 Å². The summed E-state index contributed by atoms with van der Waals surface area (Å²) in [7, 11) is 0. The van der Waals surface area contributed by atoms with Gasteiger partial charge in [0.25, 0.3) is 5.91 Å². The number of aromatic nitrogens is 3. The Hall–Kier alpha value is -1.69. The molecule has 0 aliphatic rings. The summed E-state index contributed by atoms with van der Waals surface area (Å²) >= 11 is 3.23. The first-order chi connectivity index (χ1) is 8.69. The number of H-pyrrole nitrogens is 1. The average molecular weight is 309 g/mol. The van der Waals surface area contributed by atoms with Gasteiger partial charge < -0.3 is 5.32 Å². The molecule has 2 rings (SSSR count). The van der Waals surface area contributed by atoms with Crippen molar-refractivity contribution in [1.82, 2.24) is 15.2 Å². The molecule has 5 nitrogen and oxygen atoms in total. The lowest BCUT2D eigenvalue weighted by molar-refractivity contribution is 0.102. The molecule has 0 aromatic carbocycles. The van der Waals surface area contributed by atoms with E-state index in [4.69, 9.17) is 0 Å². The average Bonchev–Trinajstić information content (AvgIpc) is 2.77. The highest BCUT2D eigenvalue weighted by Gasteiger charge is 2.08. The van der Waals surface area contributed by atoms with Gasteiger partial charge in [0.05, 0.1) is 0 Å². The van der Waals surface area contributed by atoms with Crippen molar-refractivity contribution in [3.05, 3.63) is 40.3 Å². The molecule has 6 heteroatoms. The highest BCUT2D eigenvalue weighted by atomic mass is 79.9. The molecule has 0 unspecified atom stereocenters. The van der Waals surface area contributed by atoms with E-state index < -0.39 is 0 Å². The third kappa shape index (κ3) is 3.16. The van der Waals surface area contributed by atoms with Crippen LogP contribution in [-0.2, 0) is 6.42 Å². The highest BCUT2D eigenvalue weighted by Crippen LogP contribution is 2.12. The number of hydrogen-bond donors (Lipinski definition) is 2. The molecule has 0 fully saturated rings. The monoisotopic (exact) mass is 308 g/mol. The van der Waals surface area contributed by atoms with Crippen LogP contribution in [0.4, 0.5) is 5.82 Å². The maximum Gasteiger partial charge on any atom is 0.257 e. The molecule has 0 saturated heterocycles. The lowest BCUT2D eigenvalue weighted by atomic mass is 10.2. The summed E-state index contributed by atoms with van der Waals surface area (Å²) in [6.07, 6.45) is 3.53. The predicted molar refractivity (Wildman–Crippen MR) is 72.5 cm³/mol. The number of aryl methyl sites for hydroxylation is 1. The summed E-state index contributed by atoms with van der Waals surface area (Å²) in [5.41, 5.74) is 1.56. The molecule has 2 heterocycles. The Morgan fingerprint density at radius 2 is 2.33 bits per heavy atom. The van der Waals surface area contributed by atoms with Gasteiger partial charge in [-0.05, 0) is 34.5 Å². The summed E-state index contributed by atoms with van der Waals surface area (Å²) in [4.78, 5) is 15.9. The molecule has 0 aliphatic heterocycles. The largest absolute Gasteiger partial charge is 0.305 e. The maximum atomic E-state index is 11.9.